The highest BCUT2D eigenvalue weighted by atomic mass is 127. The van der Waals surface area contributed by atoms with Crippen molar-refractivity contribution in [3.05, 3.63) is 29.8 Å². The van der Waals surface area contributed by atoms with Crippen LogP contribution < -0.4 is 15.4 Å². The number of halogens is 1. The van der Waals surface area contributed by atoms with Crippen LogP contribution in [-0.2, 0) is 6.54 Å². The van der Waals surface area contributed by atoms with Gasteiger partial charge in [-0.1, -0.05) is 18.2 Å². The van der Waals surface area contributed by atoms with Gasteiger partial charge < -0.3 is 20.3 Å². The predicted octanol–water partition coefficient (Wildman–Crippen LogP) is 3.10. The van der Waals surface area contributed by atoms with Gasteiger partial charge in [-0.15, -0.1) is 24.0 Å². The Morgan fingerprint density at radius 3 is 2.54 bits per heavy atom. The first-order valence-electron chi connectivity index (χ1n) is 8.35. The van der Waals surface area contributed by atoms with Gasteiger partial charge in [0.2, 0.25) is 0 Å². The number of aliphatic imine (C=N–C) groups is 1. The highest BCUT2D eigenvalue weighted by Crippen LogP contribution is 2.16. The number of benzene rings is 1. The van der Waals surface area contributed by atoms with Gasteiger partial charge in [-0.25, -0.2) is 0 Å². The SMILES string of the molecule is CN=C(NCCCCN(C)C(C)C)NCc1ccccc1OC.I. The largest absolute Gasteiger partial charge is 0.496 e. The van der Waals surface area contributed by atoms with Gasteiger partial charge in [0.1, 0.15) is 5.75 Å². The summed E-state index contributed by atoms with van der Waals surface area (Å²) in [5, 5.41) is 6.69. The van der Waals surface area contributed by atoms with Gasteiger partial charge in [-0.3, -0.25) is 4.99 Å². The number of ether oxygens (including phenoxy) is 1. The molecule has 0 aliphatic heterocycles. The van der Waals surface area contributed by atoms with Crippen LogP contribution in [0.15, 0.2) is 29.3 Å². The molecule has 0 spiro atoms. The van der Waals surface area contributed by atoms with E-state index in [4.69, 9.17) is 4.74 Å². The monoisotopic (exact) mass is 448 g/mol. The molecule has 0 aliphatic rings. The first-order valence-corrected chi connectivity index (χ1v) is 8.35. The number of guanidine groups is 1. The van der Waals surface area contributed by atoms with E-state index < -0.39 is 0 Å². The third-order valence-electron chi connectivity index (χ3n) is 3.97. The fourth-order valence-corrected chi connectivity index (χ4v) is 2.20. The smallest absolute Gasteiger partial charge is 0.191 e. The molecule has 0 saturated carbocycles. The quantitative estimate of drug-likeness (QED) is 0.264. The maximum atomic E-state index is 5.36. The number of para-hydroxylation sites is 1. The summed E-state index contributed by atoms with van der Waals surface area (Å²) < 4.78 is 5.36. The van der Waals surface area contributed by atoms with Crippen LogP contribution in [0.3, 0.4) is 0 Å². The molecule has 2 N–H and O–H groups in total. The van der Waals surface area contributed by atoms with E-state index in [1.807, 2.05) is 18.2 Å². The van der Waals surface area contributed by atoms with Crippen molar-refractivity contribution in [2.45, 2.75) is 39.3 Å². The van der Waals surface area contributed by atoms with Crippen molar-refractivity contribution in [1.29, 1.82) is 0 Å². The molecule has 0 heterocycles. The molecular weight excluding hydrogens is 415 g/mol. The molecule has 0 amide bonds. The van der Waals surface area contributed by atoms with Crippen molar-refractivity contribution in [1.82, 2.24) is 15.5 Å². The molecule has 0 bridgehead atoms. The molecule has 1 aromatic rings. The van der Waals surface area contributed by atoms with Crippen LogP contribution >= 0.6 is 24.0 Å². The second-order valence-corrected chi connectivity index (χ2v) is 5.95. The first kappa shape index (κ1) is 23.0. The summed E-state index contributed by atoms with van der Waals surface area (Å²) in [6.45, 7) is 7.20. The molecule has 0 saturated heterocycles. The van der Waals surface area contributed by atoms with E-state index in [-0.39, 0.29) is 24.0 Å². The molecule has 5 nitrogen and oxygen atoms in total. The molecule has 6 heteroatoms. The lowest BCUT2D eigenvalue weighted by atomic mass is 10.2. The Bertz CT molecular complexity index is 480. The lowest BCUT2D eigenvalue weighted by Gasteiger charge is -2.20. The molecule has 0 fully saturated rings. The van der Waals surface area contributed by atoms with Gasteiger partial charge in [0.25, 0.3) is 0 Å². The Morgan fingerprint density at radius 2 is 1.92 bits per heavy atom. The third-order valence-corrected chi connectivity index (χ3v) is 3.97. The van der Waals surface area contributed by atoms with Gasteiger partial charge in [0.05, 0.1) is 7.11 Å². The number of unbranched alkanes of at least 4 members (excludes halogenated alkanes) is 1. The van der Waals surface area contributed by atoms with Crippen molar-refractivity contribution in [3.8, 4) is 5.75 Å². The van der Waals surface area contributed by atoms with E-state index in [9.17, 15) is 0 Å². The maximum absolute atomic E-state index is 5.36. The van der Waals surface area contributed by atoms with Gasteiger partial charge in [0.15, 0.2) is 5.96 Å². The summed E-state index contributed by atoms with van der Waals surface area (Å²) in [5.41, 5.74) is 1.12. The summed E-state index contributed by atoms with van der Waals surface area (Å²) in [7, 11) is 5.66. The number of nitrogens with one attached hydrogen (secondary N) is 2. The number of hydrogen-bond donors (Lipinski definition) is 2. The summed E-state index contributed by atoms with van der Waals surface area (Å²) in [6.07, 6.45) is 2.32. The van der Waals surface area contributed by atoms with E-state index in [0.29, 0.717) is 12.6 Å². The fraction of sp³-hybridized carbons (Fsp3) is 0.611. The zero-order valence-corrected chi connectivity index (χ0v) is 18.0. The van der Waals surface area contributed by atoms with Gasteiger partial charge in [-0.05, 0) is 46.3 Å². The fourth-order valence-electron chi connectivity index (χ4n) is 2.20. The van der Waals surface area contributed by atoms with Crippen LogP contribution in [0.5, 0.6) is 5.75 Å². The minimum Gasteiger partial charge on any atom is -0.496 e. The highest BCUT2D eigenvalue weighted by Gasteiger charge is 2.04. The maximum Gasteiger partial charge on any atom is 0.191 e. The zero-order chi connectivity index (χ0) is 17.1. The van der Waals surface area contributed by atoms with Crippen molar-refractivity contribution in [2.75, 3.05) is 34.3 Å². The minimum absolute atomic E-state index is 0. The van der Waals surface area contributed by atoms with E-state index in [1.54, 1.807) is 14.2 Å². The Kier molecular flexibility index (Phi) is 12.7. The third kappa shape index (κ3) is 8.73. The second-order valence-electron chi connectivity index (χ2n) is 5.95. The molecule has 1 aromatic carbocycles. The van der Waals surface area contributed by atoms with Crippen LogP contribution in [-0.4, -0.2) is 51.2 Å². The molecule has 0 aliphatic carbocycles. The molecule has 24 heavy (non-hydrogen) atoms. The standard InChI is InChI=1S/C18H32N4O.HI/c1-15(2)22(4)13-9-8-12-20-18(19-3)21-14-16-10-6-7-11-17(16)23-5;/h6-7,10-11,15H,8-9,12-14H2,1-5H3,(H2,19,20,21);1H. The molecule has 138 valence electrons. The summed E-state index contributed by atoms with van der Waals surface area (Å²) in [5.74, 6) is 1.72. The van der Waals surface area contributed by atoms with Crippen molar-refractivity contribution >= 4 is 29.9 Å². The molecule has 0 radical (unpaired) electrons. The van der Waals surface area contributed by atoms with Crippen LogP contribution in [0.4, 0.5) is 0 Å². The Morgan fingerprint density at radius 1 is 1.21 bits per heavy atom. The lowest BCUT2D eigenvalue weighted by molar-refractivity contribution is 0.268. The van der Waals surface area contributed by atoms with E-state index >= 15 is 0 Å². The van der Waals surface area contributed by atoms with Crippen LogP contribution in [0, 0.1) is 0 Å². The van der Waals surface area contributed by atoms with Crippen LogP contribution in [0.1, 0.15) is 32.3 Å². The predicted molar refractivity (Wildman–Crippen MR) is 114 cm³/mol. The Hall–Kier alpha value is -1.02. The minimum atomic E-state index is 0. The molecule has 0 unspecified atom stereocenters. The van der Waals surface area contributed by atoms with Crippen molar-refractivity contribution in [3.63, 3.8) is 0 Å². The zero-order valence-electron chi connectivity index (χ0n) is 15.6. The summed E-state index contributed by atoms with van der Waals surface area (Å²) in [6, 6.07) is 8.63. The van der Waals surface area contributed by atoms with Crippen LogP contribution in [0.2, 0.25) is 0 Å². The van der Waals surface area contributed by atoms with Crippen molar-refractivity contribution < 1.29 is 4.74 Å². The second kappa shape index (κ2) is 13.3. The topological polar surface area (TPSA) is 48.9 Å². The average Bonchev–Trinajstić information content (AvgIpc) is 2.57. The molecule has 0 aromatic heterocycles. The summed E-state index contributed by atoms with van der Waals surface area (Å²) in [4.78, 5) is 6.63. The number of nitrogens with zero attached hydrogens (tertiary/aromatic N) is 2. The normalized spacial score (nSPS) is 11.4. The molecular formula is C18H33IN4O. The average molecular weight is 448 g/mol. The Labute approximate surface area is 164 Å². The highest BCUT2D eigenvalue weighted by molar-refractivity contribution is 14.0. The van der Waals surface area contributed by atoms with E-state index in [1.165, 1.54) is 6.42 Å². The first-order chi connectivity index (χ1) is 11.1. The number of rotatable bonds is 9. The van der Waals surface area contributed by atoms with Gasteiger partial charge in [0, 0.05) is 31.7 Å². The lowest BCUT2D eigenvalue weighted by Crippen LogP contribution is -2.37. The Balaban J connectivity index is 0.00000529. The molecule has 1 rings (SSSR count). The van der Waals surface area contributed by atoms with Crippen molar-refractivity contribution in [2.24, 2.45) is 4.99 Å². The van der Waals surface area contributed by atoms with Gasteiger partial charge in [-0.2, -0.15) is 0 Å². The van der Waals surface area contributed by atoms with Crippen LogP contribution in [0.25, 0.3) is 0 Å². The number of hydrogen-bond acceptors (Lipinski definition) is 3. The van der Waals surface area contributed by atoms with E-state index in [2.05, 4.69) is 47.5 Å². The number of methoxy groups -OCH3 is 1. The summed E-state index contributed by atoms with van der Waals surface area (Å²) >= 11 is 0. The molecule has 0 atom stereocenters. The van der Waals surface area contributed by atoms with E-state index in [0.717, 1.165) is 36.8 Å². The van der Waals surface area contributed by atoms with Gasteiger partial charge >= 0.3 is 0 Å².